The van der Waals surface area contributed by atoms with Crippen LogP contribution in [0.2, 0.25) is 5.02 Å². The Bertz CT molecular complexity index is 525. The number of benzene rings is 2. The van der Waals surface area contributed by atoms with E-state index in [4.69, 9.17) is 21.1 Å². The minimum Gasteiger partial charge on any atom is -0.506 e. The summed E-state index contributed by atoms with van der Waals surface area (Å²) in [6.45, 7) is 0.930. The average molecular weight is 253 g/mol. The Morgan fingerprint density at radius 1 is 1.18 bits per heavy atom. The van der Waals surface area contributed by atoms with Crippen LogP contribution in [-0.4, -0.2) is 25.4 Å². The molecule has 0 saturated heterocycles. The lowest BCUT2D eigenvalue weighted by Gasteiger charge is -2.11. The summed E-state index contributed by atoms with van der Waals surface area (Å²) in [7, 11) is 1.61. The summed E-state index contributed by atoms with van der Waals surface area (Å²) < 4.78 is 10.5. The van der Waals surface area contributed by atoms with E-state index in [1.807, 2.05) is 24.3 Å². The van der Waals surface area contributed by atoms with Gasteiger partial charge in [0.15, 0.2) is 0 Å². The van der Waals surface area contributed by atoms with Gasteiger partial charge < -0.3 is 14.6 Å². The summed E-state index contributed by atoms with van der Waals surface area (Å²) in [4.78, 5) is 0. The van der Waals surface area contributed by atoms with Gasteiger partial charge >= 0.3 is 0 Å². The number of aromatic hydroxyl groups is 1. The second-order valence-corrected chi connectivity index (χ2v) is 3.97. The predicted molar refractivity (Wildman–Crippen MR) is 68.0 cm³/mol. The van der Waals surface area contributed by atoms with Crippen molar-refractivity contribution in [2.24, 2.45) is 0 Å². The second kappa shape index (κ2) is 5.25. The molecule has 0 aliphatic rings. The molecule has 2 aromatic rings. The molecular weight excluding hydrogens is 240 g/mol. The van der Waals surface area contributed by atoms with E-state index in [1.165, 1.54) is 6.07 Å². The van der Waals surface area contributed by atoms with Crippen molar-refractivity contribution in [3.05, 3.63) is 35.4 Å². The molecule has 3 nitrogen and oxygen atoms in total. The molecule has 17 heavy (non-hydrogen) atoms. The minimum absolute atomic E-state index is 0.0257. The first-order valence-corrected chi connectivity index (χ1v) is 5.63. The van der Waals surface area contributed by atoms with Crippen LogP contribution in [0.4, 0.5) is 0 Å². The first-order valence-electron chi connectivity index (χ1n) is 5.26. The van der Waals surface area contributed by atoms with Crippen LogP contribution >= 0.6 is 11.6 Å². The molecule has 0 unspecified atom stereocenters. The van der Waals surface area contributed by atoms with Crippen molar-refractivity contribution in [2.75, 3.05) is 20.3 Å². The fraction of sp³-hybridized carbons (Fsp3) is 0.231. The topological polar surface area (TPSA) is 38.7 Å². The molecule has 0 radical (unpaired) electrons. The van der Waals surface area contributed by atoms with E-state index in [0.717, 1.165) is 10.8 Å². The third kappa shape index (κ3) is 2.46. The van der Waals surface area contributed by atoms with E-state index in [1.54, 1.807) is 7.11 Å². The van der Waals surface area contributed by atoms with Crippen molar-refractivity contribution in [1.82, 2.24) is 0 Å². The van der Waals surface area contributed by atoms with Crippen molar-refractivity contribution in [1.29, 1.82) is 0 Å². The van der Waals surface area contributed by atoms with E-state index in [0.29, 0.717) is 24.0 Å². The molecule has 0 saturated carbocycles. The van der Waals surface area contributed by atoms with Gasteiger partial charge in [-0.1, -0.05) is 35.9 Å². The van der Waals surface area contributed by atoms with Crippen molar-refractivity contribution in [3.8, 4) is 11.5 Å². The van der Waals surface area contributed by atoms with Gasteiger partial charge in [0.2, 0.25) is 0 Å². The van der Waals surface area contributed by atoms with Crippen molar-refractivity contribution < 1.29 is 14.6 Å². The van der Waals surface area contributed by atoms with Gasteiger partial charge in [-0.2, -0.15) is 0 Å². The monoisotopic (exact) mass is 252 g/mol. The summed E-state index contributed by atoms with van der Waals surface area (Å²) >= 11 is 6.03. The van der Waals surface area contributed by atoms with E-state index >= 15 is 0 Å². The molecule has 0 aliphatic heterocycles. The van der Waals surface area contributed by atoms with Gasteiger partial charge in [-0.15, -0.1) is 0 Å². The van der Waals surface area contributed by atoms with Crippen molar-refractivity contribution in [2.45, 2.75) is 0 Å². The summed E-state index contributed by atoms with van der Waals surface area (Å²) in [5, 5.41) is 11.7. The van der Waals surface area contributed by atoms with Gasteiger partial charge in [0.1, 0.15) is 18.1 Å². The maximum Gasteiger partial charge on any atom is 0.138 e. The molecule has 0 fully saturated rings. The molecule has 0 bridgehead atoms. The zero-order chi connectivity index (χ0) is 12.3. The Balaban J connectivity index is 2.44. The lowest BCUT2D eigenvalue weighted by atomic mass is 10.1. The van der Waals surface area contributed by atoms with Crippen LogP contribution in [0.5, 0.6) is 11.5 Å². The van der Waals surface area contributed by atoms with Gasteiger partial charge in [0.25, 0.3) is 0 Å². The van der Waals surface area contributed by atoms with Gasteiger partial charge in [-0.05, 0) is 0 Å². The fourth-order valence-electron chi connectivity index (χ4n) is 1.65. The molecule has 0 amide bonds. The van der Waals surface area contributed by atoms with Crippen LogP contribution in [-0.2, 0) is 4.74 Å². The summed E-state index contributed by atoms with van der Waals surface area (Å²) in [5.74, 6) is 0.636. The SMILES string of the molecule is COCCOc1cc(O)c(Cl)c2ccccc12. The lowest BCUT2D eigenvalue weighted by molar-refractivity contribution is 0.147. The lowest BCUT2D eigenvalue weighted by Crippen LogP contribution is -2.04. The number of phenolic OH excluding ortho intramolecular Hbond substituents is 1. The number of halogens is 1. The third-order valence-corrected chi connectivity index (χ3v) is 2.86. The van der Waals surface area contributed by atoms with E-state index in [2.05, 4.69) is 0 Å². The zero-order valence-electron chi connectivity index (χ0n) is 9.44. The molecular formula is C13H13ClO3. The first kappa shape index (κ1) is 12.0. The fourth-order valence-corrected chi connectivity index (χ4v) is 1.87. The second-order valence-electron chi connectivity index (χ2n) is 3.59. The standard InChI is InChI=1S/C13H13ClO3/c1-16-6-7-17-12-8-11(15)13(14)10-5-3-2-4-9(10)12/h2-5,8,15H,6-7H2,1H3. The smallest absolute Gasteiger partial charge is 0.138 e. The molecule has 1 N–H and O–H groups in total. The first-order chi connectivity index (χ1) is 8.24. The number of rotatable bonds is 4. The van der Waals surface area contributed by atoms with Gasteiger partial charge in [0, 0.05) is 23.9 Å². The highest BCUT2D eigenvalue weighted by molar-refractivity contribution is 6.37. The summed E-state index contributed by atoms with van der Waals surface area (Å²) in [6, 6.07) is 9.05. The highest BCUT2D eigenvalue weighted by atomic mass is 35.5. The Morgan fingerprint density at radius 2 is 1.88 bits per heavy atom. The molecule has 90 valence electrons. The number of hydrogen-bond donors (Lipinski definition) is 1. The number of ether oxygens (including phenoxy) is 2. The molecule has 2 rings (SSSR count). The largest absolute Gasteiger partial charge is 0.506 e. The molecule has 0 spiro atoms. The molecule has 2 aromatic carbocycles. The summed E-state index contributed by atoms with van der Waals surface area (Å²) in [5.41, 5.74) is 0. The Labute approximate surface area is 105 Å². The highest BCUT2D eigenvalue weighted by Crippen LogP contribution is 2.38. The maximum absolute atomic E-state index is 9.71. The quantitative estimate of drug-likeness (QED) is 0.849. The van der Waals surface area contributed by atoms with Crippen LogP contribution in [0.25, 0.3) is 10.8 Å². The Morgan fingerprint density at radius 3 is 2.59 bits per heavy atom. The number of methoxy groups -OCH3 is 1. The van der Waals surface area contributed by atoms with E-state index in [-0.39, 0.29) is 5.75 Å². The van der Waals surface area contributed by atoms with Gasteiger partial charge in [-0.3, -0.25) is 0 Å². The number of fused-ring (bicyclic) bond motifs is 1. The van der Waals surface area contributed by atoms with Crippen LogP contribution in [0.15, 0.2) is 30.3 Å². The van der Waals surface area contributed by atoms with E-state index < -0.39 is 0 Å². The summed E-state index contributed by atoms with van der Waals surface area (Å²) in [6.07, 6.45) is 0. The van der Waals surface area contributed by atoms with Crippen LogP contribution in [0.1, 0.15) is 0 Å². The Hall–Kier alpha value is -1.45. The van der Waals surface area contributed by atoms with Gasteiger partial charge in [0.05, 0.1) is 11.6 Å². The maximum atomic E-state index is 9.71. The molecule has 0 aromatic heterocycles. The minimum atomic E-state index is 0.0257. The third-order valence-electron chi connectivity index (χ3n) is 2.47. The number of hydrogen-bond acceptors (Lipinski definition) is 3. The van der Waals surface area contributed by atoms with E-state index in [9.17, 15) is 5.11 Å². The zero-order valence-corrected chi connectivity index (χ0v) is 10.2. The molecule has 4 heteroatoms. The molecule has 0 heterocycles. The molecule has 0 atom stereocenters. The van der Waals surface area contributed by atoms with Crippen LogP contribution < -0.4 is 4.74 Å². The van der Waals surface area contributed by atoms with Crippen LogP contribution in [0, 0.1) is 0 Å². The van der Waals surface area contributed by atoms with Crippen LogP contribution in [0.3, 0.4) is 0 Å². The Kier molecular flexibility index (Phi) is 3.71. The average Bonchev–Trinajstić information content (AvgIpc) is 2.36. The molecule has 0 aliphatic carbocycles. The van der Waals surface area contributed by atoms with Crippen molar-refractivity contribution in [3.63, 3.8) is 0 Å². The van der Waals surface area contributed by atoms with Gasteiger partial charge in [-0.25, -0.2) is 0 Å². The number of phenols is 1. The predicted octanol–water partition coefficient (Wildman–Crippen LogP) is 3.22. The normalized spacial score (nSPS) is 10.7. The highest BCUT2D eigenvalue weighted by Gasteiger charge is 2.10. The van der Waals surface area contributed by atoms with Crippen molar-refractivity contribution >= 4 is 22.4 Å².